The number of hydrogen-bond acceptors (Lipinski definition) is 4. The first-order chi connectivity index (χ1) is 11.7. The van der Waals surface area contributed by atoms with Crippen LogP contribution in [-0.4, -0.2) is 31.5 Å². The zero-order valence-electron chi connectivity index (χ0n) is 13.4. The number of nitrogens with zero attached hydrogens (tertiary/aromatic N) is 1. The highest BCUT2D eigenvalue weighted by Crippen LogP contribution is 2.36. The topological polar surface area (TPSA) is 58.6 Å². The molecule has 1 aliphatic carbocycles. The van der Waals surface area contributed by atoms with Crippen LogP contribution in [0.4, 0.5) is 5.69 Å². The van der Waals surface area contributed by atoms with Crippen LogP contribution >= 0.6 is 11.3 Å². The van der Waals surface area contributed by atoms with Crippen LogP contribution in [0.1, 0.15) is 26.5 Å². The zero-order valence-corrected chi connectivity index (χ0v) is 14.2. The molecule has 1 N–H and O–H groups in total. The van der Waals surface area contributed by atoms with Crippen molar-refractivity contribution in [2.45, 2.75) is 25.4 Å². The minimum absolute atomic E-state index is 0.0564. The highest BCUT2D eigenvalue weighted by Gasteiger charge is 2.34. The van der Waals surface area contributed by atoms with Gasteiger partial charge in [0.2, 0.25) is 0 Å². The van der Waals surface area contributed by atoms with Gasteiger partial charge in [-0.1, -0.05) is 12.1 Å². The molecule has 0 fully saturated rings. The maximum absolute atomic E-state index is 13.1. The van der Waals surface area contributed by atoms with Crippen LogP contribution in [-0.2, 0) is 17.6 Å². The summed E-state index contributed by atoms with van der Waals surface area (Å²) in [5.74, 6) is 0.282. The highest BCUT2D eigenvalue weighted by molar-refractivity contribution is 7.14. The number of thiophene rings is 1. The highest BCUT2D eigenvalue weighted by atomic mass is 32.1. The van der Waals surface area contributed by atoms with Gasteiger partial charge in [0.1, 0.15) is 5.75 Å². The van der Waals surface area contributed by atoms with Crippen LogP contribution in [0.2, 0.25) is 0 Å². The molecule has 1 aliphatic heterocycles. The third kappa shape index (κ3) is 2.47. The van der Waals surface area contributed by atoms with Crippen molar-refractivity contribution in [3.63, 3.8) is 0 Å². The fraction of sp³-hybridized carbons (Fsp3) is 0.333. The predicted molar refractivity (Wildman–Crippen MR) is 92.9 cm³/mol. The van der Waals surface area contributed by atoms with Crippen molar-refractivity contribution >= 4 is 28.8 Å². The van der Waals surface area contributed by atoms with Crippen molar-refractivity contribution in [2.75, 3.05) is 18.5 Å². The van der Waals surface area contributed by atoms with Gasteiger partial charge in [0.15, 0.2) is 6.10 Å². The second kappa shape index (κ2) is 5.94. The number of aryl methyl sites for hydroxylation is 2. The van der Waals surface area contributed by atoms with E-state index in [0.29, 0.717) is 5.75 Å². The van der Waals surface area contributed by atoms with Crippen molar-refractivity contribution in [1.29, 1.82) is 0 Å². The van der Waals surface area contributed by atoms with Gasteiger partial charge in [-0.15, -0.1) is 11.3 Å². The van der Waals surface area contributed by atoms with E-state index in [-0.39, 0.29) is 18.4 Å². The summed E-state index contributed by atoms with van der Waals surface area (Å²) >= 11 is 1.58. The summed E-state index contributed by atoms with van der Waals surface area (Å²) in [6, 6.07) is 9.38. The third-order valence-corrected chi connectivity index (χ3v) is 5.74. The van der Waals surface area contributed by atoms with E-state index in [4.69, 9.17) is 4.74 Å². The quantitative estimate of drug-likeness (QED) is 0.912. The van der Waals surface area contributed by atoms with E-state index in [1.165, 1.54) is 16.9 Å². The maximum atomic E-state index is 13.1. The Morgan fingerprint density at radius 2 is 2.12 bits per heavy atom. The molecule has 0 bridgehead atoms. The van der Waals surface area contributed by atoms with E-state index in [1.807, 2.05) is 24.3 Å². The molecule has 6 heteroatoms. The SMILES string of the molecule is CNC(=O)C1CN(C(=O)c2cc3c(s2)CCC3)c2ccccc2O1. The molecule has 1 unspecified atom stereocenters. The van der Waals surface area contributed by atoms with Crippen LogP contribution in [0.3, 0.4) is 0 Å². The number of carbonyl (C=O) groups excluding carboxylic acids is 2. The van der Waals surface area contributed by atoms with E-state index in [1.54, 1.807) is 29.4 Å². The van der Waals surface area contributed by atoms with Crippen molar-refractivity contribution in [3.8, 4) is 5.75 Å². The van der Waals surface area contributed by atoms with Crippen molar-refractivity contribution in [1.82, 2.24) is 5.32 Å². The number of likely N-dealkylation sites (N-methyl/N-ethyl adjacent to an activating group) is 1. The van der Waals surface area contributed by atoms with Gasteiger partial charge >= 0.3 is 0 Å². The molecule has 2 aliphatic rings. The second-order valence-electron chi connectivity index (χ2n) is 6.02. The standard InChI is InChI=1S/C18H18N2O3S/c1-19-17(21)14-10-20(12-6-2-3-7-13(12)23-14)18(22)16-9-11-5-4-8-15(11)24-16/h2-3,6-7,9,14H,4-5,8,10H2,1H3,(H,19,21). The van der Waals surface area contributed by atoms with Crippen LogP contribution in [0.25, 0.3) is 0 Å². The Kier molecular flexibility index (Phi) is 3.76. The minimum Gasteiger partial charge on any atom is -0.477 e. The third-order valence-electron chi connectivity index (χ3n) is 4.52. The molecule has 1 aromatic carbocycles. The summed E-state index contributed by atoms with van der Waals surface area (Å²) in [4.78, 5) is 28.8. The van der Waals surface area contributed by atoms with Gasteiger partial charge in [-0.25, -0.2) is 0 Å². The number of hydrogen-bond donors (Lipinski definition) is 1. The average molecular weight is 342 g/mol. The van der Waals surface area contributed by atoms with Crippen LogP contribution in [0.15, 0.2) is 30.3 Å². The Morgan fingerprint density at radius 3 is 2.92 bits per heavy atom. The first-order valence-corrected chi connectivity index (χ1v) is 8.89. The lowest BCUT2D eigenvalue weighted by Gasteiger charge is -2.33. The van der Waals surface area contributed by atoms with Crippen molar-refractivity contribution in [3.05, 3.63) is 45.6 Å². The number of ether oxygens (including phenoxy) is 1. The van der Waals surface area contributed by atoms with Gasteiger partial charge < -0.3 is 10.1 Å². The van der Waals surface area contributed by atoms with Gasteiger partial charge in [0.25, 0.3) is 11.8 Å². The Hall–Kier alpha value is -2.34. The molecule has 1 aromatic heterocycles. The number of carbonyl (C=O) groups is 2. The lowest BCUT2D eigenvalue weighted by molar-refractivity contribution is -0.127. The average Bonchev–Trinajstić information content (AvgIpc) is 3.21. The molecule has 4 rings (SSSR count). The first-order valence-electron chi connectivity index (χ1n) is 8.08. The van der Waals surface area contributed by atoms with Crippen molar-refractivity contribution < 1.29 is 14.3 Å². The fourth-order valence-corrected chi connectivity index (χ4v) is 4.49. The summed E-state index contributed by atoms with van der Waals surface area (Å²) < 4.78 is 5.76. The maximum Gasteiger partial charge on any atom is 0.268 e. The van der Waals surface area contributed by atoms with Crippen LogP contribution < -0.4 is 15.0 Å². The molecule has 0 radical (unpaired) electrons. The Balaban J connectivity index is 1.69. The predicted octanol–water partition coefficient (Wildman–Crippen LogP) is 2.39. The Morgan fingerprint density at radius 1 is 1.29 bits per heavy atom. The second-order valence-corrected chi connectivity index (χ2v) is 7.15. The van der Waals surface area contributed by atoms with Gasteiger partial charge in [-0.05, 0) is 43.0 Å². The van der Waals surface area contributed by atoms with Gasteiger partial charge in [-0.2, -0.15) is 0 Å². The largest absolute Gasteiger partial charge is 0.477 e. The number of rotatable bonds is 2. The molecule has 24 heavy (non-hydrogen) atoms. The Labute approximate surface area is 144 Å². The molecule has 2 aromatic rings. The van der Waals surface area contributed by atoms with Crippen molar-refractivity contribution in [2.24, 2.45) is 0 Å². The molecular formula is C18H18N2O3S. The molecule has 0 saturated carbocycles. The normalized spacial score (nSPS) is 18.5. The van der Waals surface area contributed by atoms with Crippen LogP contribution in [0, 0.1) is 0 Å². The number of fused-ring (bicyclic) bond motifs is 2. The van der Waals surface area contributed by atoms with E-state index in [9.17, 15) is 9.59 Å². The van der Waals surface area contributed by atoms with E-state index < -0.39 is 6.10 Å². The molecule has 124 valence electrons. The summed E-state index contributed by atoms with van der Waals surface area (Å²) in [6.45, 7) is 0.220. The number of benzene rings is 1. The molecule has 0 spiro atoms. The molecule has 2 amide bonds. The molecule has 2 heterocycles. The zero-order chi connectivity index (χ0) is 16.7. The molecule has 5 nitrogen and oxygen atoms in total. The summed E-state index contributed by atoms with van der Waals surface area (Å²) in [5, 5.41) is 2.60. The van der Waals surface area contributed by atoms with E-state index >= 15 is 0 Å². The van der Waals surface area contributed by atoms with Crippen LogP contribution in [0.5, 0.6) is 5.75 Å². The smallest absolute Gasteiger partial charge is 0.268 e. The molecular weight excluding hydrogens is 324 g/mol. The number of anilines is 1. The molecule has 1 atom stereocenters. The lowest BCUT2D eigenvalue weighted by Crippen LogP contribution is -2.50. The first kappa shape index (κ1) is 15.2. The monoisotopic (exact) mass is 342 g/mol. The summed E-state index contributed by atoms with van der Waals surface area (Å²) in [5.41, 5.74) is 2.02. The van der Waals surface area contributed by atoms with E-state index in [0.717, 1.165) is 23.4 Å². The number of amides is 2. The van der Waals surface area contributed by atoms with Gasteiger partial charge in [0, 0.05) is 11.9 Å². The number of para-hydroxylation sites is 2. The lowest BCUT2D eigenvalue weighted by atomic mass is 10.1. The summed E-state index contributed by atoms with van der Waals surface area (Å²) in [7, 11) is 1.57. The van der Waals surface area contributed by atoms with E-state index in [2.05, 4.69) is 5.32 Å². The van der Waals surface area contributed by atoms with Gasteiger partial charge in [-0.3, -0.25) is 14.5 Å². The molecule has 0 saturated heterocycles. The fourth-order valence-electron chi connectivity index (χ4n) is 3.29. The Bertz CT molecular complexity index is 793. The number of nitrogens with one attached hydrogen (secondary N) is 1. The minimum atomic E-state index is -0.694. The summed E-state index contributed by atoms with van der Waals surface area (Å²) in [6.07, 6.45) is 2.60. The van der Waals surface area contributed by atoms with Gasteiger partial charge in [0.05, 0.1) is 17.1 Å².